The van der Waals surface area contributed by atoms with E-state index in [-0.39, 0.29) is 5.91 Å². The zero-order valence-corrected chi connectivity index (χ0v) is 15.3. The van der Waals surface area contributed by atoms with E-state index in [0.717, 1.165) is 16.7 Å². The van der Waals surface area contributed by atoms with E-state index in [9.17, 15) is 4.79 Å². The summed E-state index contributed by atoms with van der Waals surface area (Å²) in [5.41, 5.74) is 2.56. The highest BCUT2D eigenvalue weighted by Crippen LogP contribution is 2.38. The third-order valence-electron chi connectivity index (χ3n) is 4.05. The van der Waals surface area contributed by atoms with Crippen molar-refractivity contribution in [2.45, 2.75) is 6.92 Å². The highest BCUT2D eigenvalue weighted by molar-refractivity contribution is 6.05. The lowest BCUT2D eigenvalue weighted by molar-refractivity contribution is 0.102. The topological polar surface area (TPSA) is 87.5 Å². The van der Waals surface area contributed by atoms with Crippen LogP contribution >= 0.6 is 0 Å². The lowest BCUT2D eigenvalue weighted by Gasteiger charge is -2.14. The summed E-state index contributed by atoms with van der Waals surface area (Å²) >= 11 is 0. The molecule has 8 nitrogen and oxygen atoms in total. The molecule has 1 N–H and O–H groups in total. The van der Waals surface area contributed by atoms with Gasteiger partial charge in [-0.15, -0.1) is 0 Å². The Bertz CT molecular complexity index is 956. The van der Waals surface area contributed by atoms with Crippen molar-refractivity contribution in [2.24, 2.45) is 7.05 Å². The number of carbonyl (C=O) groups is 1. The van der Waals surface area contributed by atoms with Crippen molar-refractivity contribution in [1.29, 1.82) is 0 Å². The highest BCUT2D eigenvalue weighted by atomic mass is 16.5. The molecular formula is C18H20N4O4. The van der Waals surface area contributed by atoms with Crippen molar-refractivity contribution in [3.63, 3.8) is 0 Å². The fourth-order valence-electron chi connectivity index (χ4n) is 2.79. The Morgan fingerprint density at radius 2 is 1.73 bits per heavy atom. The number of aromatic nitrogens is 3. The molecule has 0 aliphatic rings. The molecule has 0 aliphatic heterocycles. The van der Waals surface area contributed by atoms with Gasteiger partial charge >= 0.3 is 0 Å². The largest absolute Gasteiger partial charge is 0.493 e. The van der Waals surface area contributed by atoms with E-state index in [4.69, 9.17) is 14.2 Å². The Kier molecular flexibility index (Phi) is 4.66. The van der Waals surface area contributed by atoms with Gasteiger partial charge in [-0.05, 0) is 25.1 Å². The molecule has 1 amide bonds. The minimum atomic E-state index is -0.313. The number of amides is 1. The van der Waals surface area contributed by atoms with Crippen molar-refractivity contribution >= 4 is 22.6 Å². The standard InChI is InChI=1S/C18H20N4O4/c1-10-13-8-12(9-19-17(13)22(2)21-10)20-18(23)11-6-14(24-3)16(26-5)15(7-11)25-4/h6-9H,1-5H3,(H,20,23). The number of nitrogens with zero attached hydrogens (tertiary/aromatic N) is 3. The normalized spacial score (nSPS) is 10.7. The second-order valence-electron chi connectivity index (χ2n) is 5.67. The second kappa shape index (κ2) is 6.91. The predicted octanol–water partition coefficient (Wildman–Crippen LogP) is 2.55. The molecule has 3 rings (SSSR count). The molecule has 0 spiro atoms. The third-order valence-corrected chi connectivity index (χ3v) is 4.05. The molecule has 2 aromatic heterocycles. The van der Waals surface area contributed by atoms with Crippen LogP contribution in [0, 0.1) is 6.92 Å². The Morgan fingerprint density at radius 1 is 1.08 bits per heavy atom. The van der Waals surface area contributed by atoms with Crippen LogP contribution in [0.5, 0.6) is 17.2 Å². The Hall–Kier alpha value is -3.29. The summed E-state index contributed by atoms with van der Waals surface area (Å²) in [6, 6.07) is 5.04. The van der Waals surface area contributed by atoms with E-state index < -0.39 is 0 Å². The van der Waals surface area contributed by atoms with E-state index in [1.807, 2.05) is 20.0 Å². The third kappa shape index (κ3) is 3.01. The van der Waals surface area contributed by atoms with Gasteiger partial charge in [0.1, 0.15) is 0 Å². The summed E-state index contributed by atoms with van der Waals surface area (Å²) in [5, 5.41) is 8.05. The van der Waals surface area contributed by atoms with Gasteiger partial charge in [-0.25, -0.2) is 4.98 Å². The maximum Gasteiger partial charge on any atom is 0.255 e. The van der Waals surface area contributed by atoms with Gasteiger partial charge in [0.2, 0.25) is 5.75 Å². The lowest BCUT2D eigenvalue weighted by atomic mass is 10.1. The fourth-order valence-corrected chi connectivity index (χ4v) is 2.79. The number of aryl methyl sites for hydroxylation is 2. The average Bonchev–Trinajstić information content (AvgIpc) is 2.93. The summed E-state index contributed by atoms with van der Waals surface area (Å²) < 4.78 is 17.6. The molecule has 8 heteroatoms. The first-order valence-electron chi connectivity index (χ1n) is 7.89. The van der Waals surface area contributed by atoms with Crippen LogP contribution in [0.1, 0.15) is 16.1 Å². The zero-order valence-electron chi connectivity index (χ0n) is 15.3. The molecule has 0 fully saturated rings. The summed E-state index contributed by atoms with van der Waals surface area (Å²) in [4.78, 5) is 17.0. The monoisotopic (exact) mass is 356 g/mol. The van der Waals surface area contributed by atoms with E-state index in [1.54, 1.807) is 23.0 Å². The number of pyridine rings is 1. The molecule has 3 aromatic rings. The number of hydrogen-bond acceptors (Lipinski definition) is 6. The van der Waals surface area contributed by atoms with Gasteiger partial charge in [0.05, 0.1) is 38.9 Å². The van der Waals surface area contributed by atoms with E-state index in [2.05, 4.69) is 15.4 Å². The maximum absolute atomic E-state index is 12.7. The van der Waals surface area contributed by atoms with Crippen molar-refractivity contribution in [1.82, 2.24) is 14.8 Å². The summed E-state index contributed by atoms with van der Waals surface area (Å²) in [7, 11) is 6.34. The molecular weight excluding hydrogens is 336 g/mol. The molecule has 0 saturated heterocycles. The van der Waals surface area contributed by atoms with Gasteiger partial charge in [0.25, 0.3) is 5.91 Å². The zero-order chi connectivity index (χ0) is 18.8. The molecule has 0 atom stereocenters. The van der Waals surface area contributed by atoms with Gasteiger partial charge in [0.15, 0.2) is 17.1 Å². The summed E-state index contributed by atoms with van der Waals surface area (Å²) in [6.45, 7) is 1.90. The van der Waals surface area contributed by atoms with Gasteiger partial charge < -0.3 is 19.5 Å². The van der Waals surface area contributed by atoms with Crippen molar-refractivity contribution in [3.8, 4) is 17.2 Å². The first-order chi connectivity index (χ1) is 12.5. The highest BCUT2D eigenvalue weighted by Gasteiger charge is 2.17. The number of anilines is 1. The average molecular weight is 356 g/mol. The van der Waals surface area contributed by atoms with E-state index in [1.165, 1.54) is 21.3 Å². The van der Waals surface area contributed by atoms with Gasteiger partial charge in [-0.1, -0.05) is 0 Å². The first kappa shape index (κ1) is 17.5. The number of methoxy groups -OCH3 is 3. The van der Waals surface area contributed by atoms with Crippen LogP contribution in [0.3, 0.4) is 0 Å². The molecule has 0 aliphatic carbocycles. The Labute approximate surface area is 150 Å². The van der Waals surface area contributed by atoms with Crippen LogP contribution in [0.4, 0.5) is 5.69 Å². The van der Waals surface area contributed by atoms with E-state index in [0.29, 0.717) is 28.5 Å². The molecule has 136 valence electrons. The number of benzene rings is 1. The predicted molar refractivity (Wildman–Crippen MR) is 97.3 cm³/mol. The smallest absolute Gasteiger partial charge is 0.255 e. The number of nitrogens with one attached hydrogen (secondary N) is 1. The number of hydrogen-bond donors (Lipinski definition) is 1. The first-order valence-corrected chi connectivity index (χ1v) is 7.89. The van der Waals surface area contributed by atoms with E-state index >= 15 is 0 Å². The van der Waals surface area contributed by atoms with Crippen LogP contribution in [0.15, 0.2) is 24.4 Å². The molecule has 0 bridgehead atoms. The quantitative estimate of drug-likeness (QED) is 0.756. The Morgan fingerprint density at radius 3 is 2.31 bits per heavy atom. The lowest BCUT2D eigenvalue weighted by Crippen LogP contribution is -2.13. The fraction of sp³-hybridized carbons (Fsp3) is 0.278. The van der Waals surface area contributed by atoms with Crippen molar-refractivity contribution < 1.29 is 19.0 Å². The van der Waals surface area contributed by atoms with Gasteiger partial charge in [-0.2, -0.15) is 5.10 Å². The molecule has 1 aromatic carbocycles. The van der Waals surface area contributed by atoms with Crippen LogP contribution in [0.25, 0.3) is 11.0 Å². The number of fused-ring (bicyclic) bond motifs is 1. The summed E-state index contributed by atoms with van der Waals surface area (Å²) in [6.07, 6.45) is 1.60. The second-order valence-corrected chi connectivity index (χ2v) is 5.67. The number of ether oxygens (including phenoxy) is 3. The van der Waals surface area contributed by atoms with Gasteiger partial charge in [-0.3, -0.25) is 9.48 Å². The van der Waals surface area contributed by atoms with Crippen LogP contribution in [0.2, 0.25) is 0 Å². The maximum atomic E-state index is 12.7. The van der Waals surface area contributed by atoms with Crippen LogP contribution in [-0.2, 0) is 7.05 Å². The molecule has 2 heterocycles. The molecule has 0 radical (unpaired) electrons. The van der Waals surface area contributed by atoms with Crippen LogP contribution in [-0.4, -0.2) is 42.0 Å². The van der Waals surface area contributed by atoms with Gasteiger partial charge in [0, 0.05) is 18.0 Å². The van der Waals surface area contributed by atoms with Crippen LogP contribution < -0.4 is 19.5 Å². The molecule has 26 heavy (non-hydrogen) atoms. The minimum Gasteiger partial charge on any atom is -0.493 e. The van der Waals surface area contributed by atoms with Crippen molar-refractivity contribution in [2.75, 3.05) is 26.6 Å². The molecule has 0 unspecified atom stereocenters. The number of rotatable bonds is 5. The van der Waals surface area contributed by atoms with Crippen molar-refractivity contribution in [3.05, 3.63) is 35.7 Å². The summed E-state index contributed by atoms with van der Waals surface area (Å²) in [5.74, 6) is 0.940. The SMILES string of the molecule is COc1cc(C(=O)Nc2cnc3c(c2)c(C)nn3C)cc(OC)c1OC. The number of carbonyl (C=O) groups excluding carboxylic acids is 1. The minimum absolute atomic E-state index is 0.313. The Balaban J connectivity index is 1.94. The molecule has 0 saturated carbocycles.